The molecule has 0 saturated carbocycles. The van der Waals surface area contributed by atoms with Crippen molar-refractivity contribution in [3.05, 3.63) is 0 Å². The summed E-state index contributed by atoms with van der Waals surface area (Å²) in [4.78, 5) is 9.63. The van der Waals surface area contributed by atoms with E-state index in [9.17, 15) is 18.6 Å². The van der Waals surface area contributed by atoms with Crippen molar-refractivity contribution in [2.24, 2.45) is 0 Å². The van der Waals surface area contributed by atoms with Crippen molar-refractivity contribution in [3.8, 4) is 0 Å². The van der Waals surface area contributed by atoms with Crippen molar-refractivity contribution >= 4 is 22.8 Å². The summed E-state index contributed by atoms with van der Waals surface area (Å²) in [5, 5.41) is 0. The fourth-order valence-electron chi connectivity index (χ4n) is 1.52. The van der Waals surface area contributed by atoms with E-state index in [2.05, 4.69) is 0 Å². The predicted octanol–water partition coefficient (Wildman–Crippen LogP) is 4.47. The predicted molar refractivity (Wildman–Crippen MR) is 79.7 cm³/mol. The van der Waals surface area contributed by atoms with Crippen LogP contribution < -0.4 is 0 Å². The van der Waals surface area contributed by atoms with Crippen LogP contribution in [0.15, 0.2) is 0 Å². The standard InChI is InChI=1S/C10H25O7P3/c1-5-8-18(11,12)16-20(14,10-7-3)17-19(13,15-4)9-6-2/h5-10H2,1-4H3,(H,11,12). The van der Waals surface area contributed by atoms with Crippen molar-refractivity contribution in [2.45, 2.75) is 40.0 Å². The molecule has 1 N–H and O–H groups in total. The Morgan fingerprint density at radius 1 is 0.800 bits per heavy atom. The van der Waals surface area contributed by atoms with E-state index in [4.69, 9.17) is 13.1 Å². The van der Waals surface area contributed by atoms with Gasteiger partial charge < -0.3 is 9.42 Å². The monoisotopic (exact) mass is 350 g/mol. The van der Waals surface area contributed by atoms with Crippen molar-refractivity contribution in [3.63, 3.8) is 0 Å². The van der Waals surface area contributed by atoms with Crippen molar-refractivity contribution in [1.29, 1.82) is 0 Å². The van der Waals surface area contributed by atoms with Crippen LogP contribution in [0.1, 0.15) is 40.0 Å². The van der Waals surface area contributed by atoms with Gasteiger partial charge in [-0.15, -0.1) is 0 Å². The lowest BCUT2D eigenvalue weighted by Gasteiger charge is -2.24. The van der Waals surface area contributed by atoms with Crippen LogP contribution in [0.3, 0.4) is 0 Å². The lowest BCUT2D eigenvalue weighted by molar-refractivity contribution is 0.290. The second-order valence-corrected chi connectivity index (χ2v) is 11.1. The van der Waals surface area contributed by atoms with Gasteiger partial charge >= 0.3 is 22.8 Å². The van der Waals surface area contributed by atoms with Gasteiger partial charge in [-0.25, -0.2) is 8.62 Å². The van der Waals surface area contributed by atoms with Crippen molar-refractivity contribution < 1.29 is 31.7 Å². The molecule has 0 aliphatic rings. The second kappa shape index (κ2) is 8.85. The molecule has 0 aliphatic carbocycles. The van der Waals surface area contributed by atoms with Gasteiger partial charge in [0.05, 0.1) is 18.5 Å². The maximum atomic E-state index is 12.5. The van der Waals surface area contributed by atoms with E-state index >= 15 is 0 Å². The van der Waals surface area contributed by atoms with E-state index in [-0.39, 0.29) is 18.5 Å². The first kappa shape index (κ1) is 20.5. The van der Waals surface area contributed by atoms with Crippen LogP contribution in [-0.4, -0.2) is 30.5 Å². The van der Waals surface area contributed by atoms with Gasteiger partial charge in [0.25, 0.3) is 0 Å². The zero-order chi connectivity index (χ0) is 15.9. The lowest BCUT2D eigenvalue weighted by atomic mass is 10.6. The summed E-state index contributed by atoms with van der Waals surface area (Å²) < 4.78 is 51.3. The summed E-state index contributed by atoms with van der Waals surface area (Å²) in [7, 11) is -10.3. The average Bonchev–Trinajstić information content (AvgIpc) is 2.27. The zero-order valence-corrected chi connectivity index (χ0v) is 15.2. The van der Waals surface area contributed by atoms with Crippen LogP contribution in [0.2, 0.25) is 0 Å². The molecule has 0 saturated heterocycles. The second-order valence-electron chi connectivity index (χ2n) is 4.38. The van der Waals surface area contributed by atoms with Crippen LogP contribution in [0.25, 0.3) is 0 Å². The van der Waals surface area contributed by atoms with E-state index in [1.165, 1.54) is 7.11 Å². The molecule has 0 rings (SSSR count). The highest BCUT2D eigenvalue weighted by Gasteiger charge is 2.40. The van der Waals surface area contributed by atoms with Crippen LogP contribution in [0, 0.1) is 0 Å². The Kier molecular flexibility index (Phi) is 9.08. The Morgan fingerprint density at radius 2 is 1.25 bits per heavy atom. The van der Waals surface area contributed by atoms with Crippen LogP contribution >= 0.6 is 22.8 Å². The van der Waals surface area contributed by atoms with Crippen molar-refractivity contribution in [2.75, 3.05) is 25.6 Å². The Morgan fingerprint density at radius 3 is 1.65 bits per heavy atom. The molecule has 0 spiro atoms. The maximum absolute atomic E-state index is 12.5. The topological polar surface area (TPSA) is 99.1 Å². The molecular formula is C10H25O7P3. The Labute approximate surface area is 121 Å². The van der Waals surface area contributed by atoms with Crippen molar-refractivity contribution in [1.82, 2.24) is 0 Å². The molecular weight excluding hydrogens is 325 g/mol. The third-order valence-electron chi connectivity index (χ3n) is 2.28. The van der Waals surface area contributed by atoms with Crippen LogP contribution in [0.4, 0.5) is 0 Å². The molecule has 0 aromatic carbocycles. The smallest absolute Gasteiger partial charge is 0.324 e. The Hall–Kier alpha value is 0.530. The van der Waals surface area contributed by atoms with E-state index in [0.717, 1.165) is 0 Å². The summed E-state index contributed by atoms with van der Waals surface area (Å²) in [5.74, 6) is 0. The van der Waals surface area contributed by atoms with E-state index in [1.807, 2.05) is 0 Å². The molecule has 0 aromatic heterocycles. The summed E-state index contributed by atoms with van der Waals surface area (Å²) in [6.07, 6.45) is 1.16. The molecule has 7 nitrogen and oxygen atoms in total. The van der Waals surface area contributed by atoms with Gasteiger partial charge in [0.2, 0.25) is 0 Å². The number of hydrogen-bond donors (Lipinski definition) is 1. The molecule has 0 fully saturated rings. The van der Waals surface area contributed by atoms with E-state index in [1.54, 1.807) is 20.8 Å². The molecule has 0 aromatic rings. The molecule has 0 heterocycles. The fourth-order valence-corrected chi connectivity index (χ4v) is 8.39. The van der Waals surface area contributed by atoms with E-state index in [0.29, 0.717) is 19.3 Å². The first-order valence-corrected chi connectivity index (χ1v) is 11.9. The molecule has 0 radical (unpaired) electrons. The highest BCUT2D eigenvalue weighted by atomic mass is 31.3. The number of rotatable bonds is 11. The lowest BCUT2D eigenvalue weighted by Crippen LogP contribution is -2.02. The summed E-state index contributed by atoms with van der Waals surface area (Å²) in [6.45, 7) is 5.20. The molecule has 0 amide bonds. The molecule has 3 atom stereocenters. The SMILES string of the molecule is CCCP(=O)(O)OP(=O)(CCC)OP(=O)(CCC)OC. The molecule has 122 valence electrons. The zero-order valence-electron chi connectivity index (χ0n) is 12.5. The van der Waals surface area contributed by atoms with Gasteiger partial charge in [-0.3, -0.25) is 13.7 Å². The molecule has 0 aliphatic heterocycles. The van der Waals surface area contributed by atoms with Gasteiger partial charge in [0.1, 0.15) is 0 Å². The van der Waals surface area contributed by atoms with Gasteiger partial charge in [0, 0.05) is 7.11 Å². The Balaban J connectivity index is 5.15. The molecule has 20 heavy (non-hydrogen) atoms. The molecule has 0 bridgehead atoms. The van der Waals surface area contributed by atoms with Gasteiger partial charge in [0.15, 0.2) is 0 Å². The minimum atomic E-state index is -4.02. The summed E-state index contributed by atoms with van der Waals surface area (Å²) in [6, 6.07) is 0. The van der Waals surface area contributed by atoms with Crippen LogP contribution in [-0.2, 0) is 26.8 Å². The van der Waals surface area contributed by atoms with Gasteiger partial charge in [-0.1, -0.05) is 20.8 Å². The molecule has 3 unspecified atom stereocenters. The normalized spacial score (nSPS) is 20.9. The van der Waals surface area contributed by atoms with E-state index < -0.39 is 22.8 Å². The number of hydrogen-bond acceptors (Lipinski definition) is 6. The third kappa shape index (κ3) is 7.51. The first-order valence-electron chi connectivity index (χ1n) is 6.64. The maximum Gasteiger partial charge on any atom is 0.344 e. The van der Waals surface area contributed by atoms with Gasteiger partial charge in [-0.2, -0.15) is 0 Å². The highest BCUT2D eigenvalue weighted by Crippen LogP contribution is 2.70. The first-order chi connectivity index (χ1) is 9.16. The average molecular weight is 350 g/mol. The summed E-state index contributed by atoms with van der Waals surface area (Å²) in [5.41, 5.74) is 0. The largest absolute Gasteiger partial charge is 0.344 e. The van der Waals surface area contributed by atoms with Crippen LogP contribution in [0.5, 0.6) is 0 Å². The highest BCUT2D eigenvalue weighted by molar-refractivity contribution is 7.72. The third-order valence-corrected chi connectivity index (χ3v) is 9.84. The quantitative estimate of drug-likeness (QED) is 0.549. The Bertz CT molecular complexity index is 423. The minimum absolute atomic E-state index is 0.0735. The molecule has 10 heteroatoms. The minimum Gasteiger partial charge on any atom is -0.324 e. The summed E-state index contributed by atoms with van der Waals surface area (Å²) >= 11 is 0. The fraction of sp³-hybridized carbons (Fsp3) is 1.00. The van der Waals surface area contributed by atoms with Gasteiger partial charge in [-0.05, 0) is 19.3 Å².